The van der Waals surface area contributed by atoms with Crippen LogP contribution >= 0.6 is 11.6 Å². The average molecular weight is 291 g/mol. The van der Waals surface area contributed by atoms with E-state index in [4.69, 9.17) is 11.6 Å². The number of hydrogen-bond acceptors (Lipinski definition) is 3. The zero-order chi connectivity index (χ0) is 14.1. The molecule has 0 saturated heterocycles. The predicted octanol–water partition coefficient (Wildman–Crippen LogP) is 3.37. The quantitative estimate of drug-likeness (QED) is 0.804. The van der Waals surface area contributed by atoms with Crippen LogP contribution < -0.4 is 5.32 Å². The Morgan fingerprint density at radius 1 is 1.30 bits per heavy atom. The topological polar surface area (TPSA) is 42.7 Å². The molecule has 4 nitrogen and oxygen atoms in total. The lowest BCUT2D eigenvalue weighted by atomic mass is 10.2. The Balaban J connectivity index is 1.93. The summed E-state index contributed by atoms with van der Waals surface area (Å²) in [4.78, 5) is 8.53. The highest BCUT2D eigenvalue weighted by Gasteiger charge is 2.10. The third-order valence-electron chi connectivity index (χ3n) is 3.12. The SMILES string of the molecule is Cn1cnc2ccnc(NCc3c(F)cccc3Cl)c21. The van der Waals surface area contributed by atoms with Crippen molar-refractivity contribution in [3.8, 4) is 0 Å². The second-order valence-electron chi connectivity index (χ2n) is 4.44. The van der Waals surface area contributed by atoms with Gasteiger partial charge in [0.05, 0.1) is 11.8 Å². The van der Waals surface area contributed by atoms with Crippen LogP contribution in [0.3, 0.4) is 0 Å². The molecular formula is C14H12ClFN4. The Morgan fingerprint density at radius 3 is 2.95 bits per heavy atom. The van der Waals surface area contributed by atoms with Gasteiger partial charge in [-0.05, 0) is 18.2 Å². The van der Waals surface area contributed by atoms with Crippen LogP contribution in [0.4, 0.5) is 10.2 Å². The Kier molecular flexibility index (Phi) is 3.28. The summed E-state index contributed by atoms with van der Waals surface area (Å²) in [6.07, 6.45) is 3.38. The summed E-state index contributed by atoms with van der Waals surface area (Å²) < 4.78 is 15.6. The van der Waals surface area contributed by atoms with Gasteiger partial charge in [0, 0.05) is 30.4 Å². The average Bonchev–Trinajstić information content (AvgIpc) is 2.81. The van der Waals surface area contributed by atoms with Gasteiger partial charge in [0.25, 0.3) is 0 Å². The maximum atomic E-state index is 13.7. The second-order valence-corrected chi connectivity index (χ2v) is 4.84. The molecular weight excluding hydrogens is 279 g/mol. The minimum Gasteiger partial charge on any atom is -0.364 e. The number of benzene rings is 1. The third kappa shape index (κ3) is 2.20. The molecule has 0 aliphatic carbocycles. The molecule has 102 valence electrons. The molecule has 0 atom stereocenters. The number of nitrogens with one attached hydrogen (secondary N) is 1. The maximum absolute atomic E-state index is 13.7. The van der Waals surface area contributed by atoms with Crippen LogP contribution in [0.5, 0.6) is 0 Å². The molecule has 0 spiro atoms. The van der Waals surface area contributed by atoms with Crippen molar-refractivity contribution in [2.24, 2.45) is 7.05 Å². The number of pyridine rings is 1. The van der Waals surface area contributed by atoms with Crippen molar-refractivity contribution >= 4 is 28.5 Å². The molecule has 3 aromatic rings. The molecule has 0 amide bonds. The number of nitrogens with zero attached hydrogens (tertiary/aromatic N) is 3. The highest BCUT2D eigenvalue weighted by Crippen LogP contribution is 2.23. The summed E-state index contributed by atoms with van der Waals surface area (Å²) in [7, 11) is 1.89. The minimum atomic E-state index is -0.331. The minimum absolute atomic E-state index is 0.267. The highest BCUT2D eigenvalue weighted by atomic mass is 35.5. The molecule has 6 heteroatoms. The molecule has 0 bridgehead atoms. The molecule has 1 aromatic carbocycles. The highest BCUT2D eigenvalue weighted by molar-refractivity contribution is 6.31. The van der Waals surface area contributed by atoms with Gasteiger partial charge in [-0.25, -0.2) is 14.4 Å². The zero-order valence-electron chi connectivity index (χ0n) is 10.8. The van der Waals surface area contributed by atoms with Gasteiger partial charge >= 0.3 is 0 Å². The number of fused-ring (bicyclic) bond motifs is 1. The van der Waals surface area contributed by atoms with Crippen molar-refractivity contribution in [2.75, 3.05) is 5.32 Å². The van der Waals surface area contributed by atoms with E-state index in [0.717, 1.165) is 11.0 Å². The van der Waals surface area contributed by atoms with Crippen molar-refractivity contribution < 1.29 is 4.39 Å². The number of aromatic nitrogens is 3. The summed E-state index contributed by atoms with van der Waals surface area (Å²) in [5.74, 6) is 0.323. The van der Waals surface area contributed by atoms with Crippen molar-refractivity contribution in [1.29, 1.82) is 0 Å². The monoisotopic (exact) mass is 290 g/mol. The second kappa shape index (κ2) is 5.09. The fourth-order valence-corrected chi connectivity index (χ4v) is 2.33. The van der Waals surface area contributed by atoms with Gasteiger partial charge < -0.3 is 9.88 Å². The van der Waals surface area contributed by atoms with E-state index >= 15 is 0 Å². The standard InChI is InChI=1S/C14H12ClFN4/c1-20-8-19-12-5-6-17-14(13(12)20)18-7-9-10(15)3-2-4-11(9)16/h2-6,8H,7H2,1H3,(H,17,18). The van der Waals surface area contributed by atoms with Gasteiger partial charge in [-0.3, -0.25) is 0 Å². The van der Waals surface area contributed by atoms with Crippen LogP contribution in [0.25, 0.3) is 11.0 Å². The van der Waals surface area contributed by atoms with Gasteiger partial charge in [-0.2, -0.15) is 0 Å². The molecule has 0 aliphatic heterocycles. The van der Waals surface area contributed by atoms with Crippen LogP contribution in [-0.2, 0) is 13.6 Å². The van der Waals surface area contributed by atoms with Crippen LogP contribution in [0.1, 0.15) is 5.56 Å². The van der Waals surface area contributed by atoms with Gasteiger partial charge in [-0.1, -0.05) is 17.7 Å². The molecule has 0 aliphatic rings. The first-order valence-corrected chi connectivity index (χ1v) is 6.47. The molecule has 0 saturated carbocycles. The van der Waals surface area contributed by atoms with E-state index in [0.29, 0.717) is 16.4 Å². The number of halogens is 2. The lowest BCUT2D eigenvalue weighted by Gasteiger charge is -2.10. The smallest absolute Gasteiger partial charge is 0.152 e. The van der Waals surface area contributed by atoms with Crippen molar-refractivity contribution in [3.63, 3.8) is 0 Å². The first kappa shape index (κ1) is 12.9. The molecule has 2 aromatic heterocycles. The Bertz CT molecular complexity index is 749. The molecule has 0 fully saturated rings. The summed E-state index contributed by atoms with van der Waals surface area (Å²) in [5.41, 5.74) is 2.14. The summed E-state index contributed by atoms with van der Waals surface area (Å²) in [6, 6.07) is 6.47. The molecule has 0 radical (unpaired) electrons. The van der Waals surface area contributed by atoms with Crippen LogP contribution in [0, 0.1) is 5.82 Å². The van der Waals surface area contributed by atoms with E-state index in [2.05, 4.69) is 15.3 Å². The molecule has 1 N–H and O–H groups in total. The van der Waals surface area contributed by atoms with Crippen molar-refractivity contribution in [2.45, 2.75) is 6.54 Å². The van der Waals surface area contributed by atoms with E-state index < -0.39 is 0 Å². The third-order valence-corrected chi connectivity index (χ3v) is 3.47. The largest absolute Gasteiger partial charge is 0.364 e. The molecule has 0 unspecified atom stereocenters. The number of imidazole rings is 1. The molecule has 2 heterocycles. The number of aryl methyl sites for hydroxylation is 1. The first-order valence-electron chi connectivity index (χ1n) is 6.09. The lowest BCUT2D eigenvalue weighted by Crippen LogP contribution is -2.05. The van der Waals surface area contributed by atoms with E-state index in [1.165, 1.54) is 6.07 Å². The van der Waals surface area contributed by atoms with E-state index in [1.807, 2.05) is 17.7 Å². The Labute approximate surface area is 120 Å². The van der Waals surface area contributed by atoms with Crippen molar-refractivity contribution in [1.82, 2.24) is 14.5 Å². The van der Waals surface area contributed by atoms with Crippen LogP contribution in [0.15, 0.2) is 36.8 Å². The van der Waals surface area contributed by atoms with E-state index in [1.54, 1.807) is 24.7 Å². The van der Waals surface area contributed by atoms with E-state index in [9.17, 15) is 4.39 Å². The molecule has 3 rings (SSSR count). The summed E-state index contributed by atoms with van der Waals surface area (Å²) in [5, 5.41) is 3.51. The summed E-state index contributed by atoms with van der Waals surface area (Å²) in [6.45, 7) is 0.267. The maximum Gasteiger partial charge on any atom is 0.152 e. The number of anilines is 1. The predicted molar refractivity (Wildman–Crippen MR) is 77.2 cm³/mol. The van der Waals surface area contributed by atoms with Gasteiger partial charge in [0.1, 0.15) is 11.3 Å². The Morgan fingerprint density at radius 2 is 2.15 bits per heavy atom. The number of rotatable bonds is 3. The summed E-state index contributed by atoms with van der Waals surface area (Å²) >= 11 is 6.01. The van der Waals surface area contributed by atoms with Crippen molar-refractivity contribution in [3.05, 3.63) is 53.2 Å². The lowest BCUT2D eigenvalue weighted by molar-refractivity contribution is 0.613. The normalized spacial score (nSPS) is 10.9. The number of hydrogen-bond donors (Lipinski definition) is 1. The zero-order valence-corrected chi connectivity index (χ0v) is 11.5. The van der Waals surface area contributed by atoms with Gasteiger partial charge in [0.15, 0.2) is 5.82 Å². The van der Waals surface area contributed by atoms with Crippen LogP contribution in [0.2, 0.25) is 5.02 Å². The van der Waals surface area contributed by atoms with Gasteiger partial charge in [0.2, 0.25) is 0 Å². The first-order chi connectivity index (χ1) is 9.66. The fraction of sp³-hybridized carbons (Fsp3) is 0.143. The Hall–Kier alpha value is -2.14. The van der Waals surface area contributed by atoms with Gasteiger partial charge in [-0.15, -0.1) is 0 Å². The fourth-order valence-electron chi connectivity index (χ4n) is 2.10. The van der Waals surface area contributed by atoms with Crippen LogP contribution in [-0.4, -0.2) is 14.5 Å². The van der Waals surface area contributed by atoms with E-state index in [-0.39, 0.29) is 12.4 Å². The molecule has 20 heavy (non-hydrogen) atoms.